The zero-order valence-electron chi connectivity index (χ0n) is 11.7. The molecule has 0 aromatic heterocycles. The fraction of sp³-hybridized carbons (Fsp3) is 0.235. The van der Waals surface area contributed by atoms with Gasteiger partial charge in [0.1, 0.15) is 6.04 Å². The molecule has 0 aliphatic heterocycles. The van der Waals surface area contributed by atoms with E-state index < -0.39 is 12.0 Å². The third kappa shape index (κ3) is 3.18. The Morgan fingerprint density at radius 1 is 1.00 bits per heavy atom. The summed E-state index contributed by atoms with van der Waals surface area (Å²) in [4.78, 5) is 11.3. The molecule has 0 saturated carbocycles. The molecular formula is C17H19NO2. The van der Waals surface area contributed by atoms with E-state index in [4.69, 9.17) is 0 Å². The highest BCUT2D eigenvalue weighted by Gasteiger charge is 2.22. The number of nitrogens with one attached hydrogen (secondary N) is 1. The maximum absolute atomic E-state index is 11.3. The molecule has 2 rings (SSSR count). The van der Waals surface area contributed by atoms with E-state index in [1.54, 1.807) is 0 Å². The summed E-state index contributed by atoms with van der Waals surface area (Å²) in [6.07, 6.45) is 0. The summed E-state index contributed by atoms with van der Waals surface area (Å²) in [6.45, 7) is 3.80. The van der Waals surface area contributed by atoms with Crippen molar-refractivity contribution in [3.63, 3.8) is 0 Å². The molecule has 0 heterocycles. The van der Waals surface area contributed by atoms with Crippen LogP contribution in [0.2, 0.25) is 0 Å². The van der Waals surface area contributed by atoms with Crippen molar-refractivity contribution in [1.82, 2.24) is 0 Å². The Morgan fingerprint density at radius 3 is 2.20 bits per heavy atom. The van der Waals surface area contributed by atoms with Crippen molar-refractivity contribution in [2.75, 3.05) is 5.32 Å². The van der Waals surface area contributed by atoms with Crippen LogP contribution in [-0.4, -0.2) is 17.1 Å². The first-order valence-electron chi connectivity index (χ1n) is 6.73. The van der Waals surface area contributed by atoms with Crippen molar-refractivity contribution in [3.8, 4) is 11.1 Å². The molecule has 2 aromatic rings. The lowest BCUT2D eigenvalue weighted by molar-refractivity contribution is -0.138. The number of benzene rings is 2. The highest BCUT2D eigenvalue weighted by Crippen LogP contribution is 2.28. The summed E-state index contributed by atoms with van der Waals surface area (Å²) in [5.41, 5.74) is 2.93. The minimum Gasteiger partial charge on any atom is -0.480 e. The molecule has 0 saturated heterocycles. The van der Waals surface area contributed by atoms with Gasteiger partial charge in [-0.15, -0.1) is 0 Å². The number of aliphatic carboxylic acids is 1. The van der Waals surface area contributed by atoms with Crippen molar-refractivity contribution in [1.29, 1.82) is 0 Å². The number of anilines is 1. The first-order chi connectivity index (χ1) is 9.59. The first kappa shape index (κ1) is 14.1. The number of para-hydroxylation sites is 1. The molecule has 0 amide bonds. The smallest absolute Gasteiger partial charge is 0.326 e. The van der Waals surface area contributed by atoms with E-state index in [0.29, 0.717) is 0 Å². The van der Waals surface area contributed by atoms with Gasteiger partial charge in [-0.3, -0.25) is 0 Å². The molecule has 1 atom stereocenters. The second-order valence-corrected chi connectivity index (χ2v) is 5.12. The molecule has 0 aliphatic rings. The third-order valence-electron chi connectivity index (χ3n) is 3.26. The van der Waals surface area contributed by atoms with Gasteiger partial charge in [0.15, 0.2) is 0 Å². The van der Waals surface area contributed by atoms with Crippen LogP contribution in [0.15, 0.2) is 54.6 Å². The fourth-order valence-electron chi connectivity index (χ4n) is 2.16. The monoisotopic (exact) mass is 269 g/mol. The molecule has 3 heteroatoms. The average molecular weight is 269 g/mol. The minimum atomic E-state index is -0.831. The van der Waals surface area contributed by atoms with E-state index in [-0.39, 0.29) is 5.92 Å². The van der Waals surface area contributed by atoms with Gasteiger partial charge >= 0.3 is 5.97 Å². The second-order valence-electron chi connectivity index (χ2n) is 5.12. The van der Waals surface area contributed by atoms with Gasteiger partial charge in [-0.25, -0.2) is 4.79 Å². The zero-order valence-corrected chi connectivity index (χ0v) is 11.7. The van der Waals surface area contributed by atoms with Crippen LogP contribution in [0.3, 0.4) is 0 Å². The summed E-state index contributed by atoms with van der Waals surface area (Å²) in [6, 6.07) is 17.1. The van der Waals surface area contributed by atoms with E-state index in [0.717, 1.165) is 16.8 Å². The van der Waals surface area contributed by atoms with Crippen molar-refractivity contribution in [2.45, 2.75) is 19.9 Å². The van der Waals surface area contributed by atoms with E-state index in [1.165, 1.54) is 0 Å². The molecule has 2 N–H and O–H groups in total. The highest BCUT2D eigenvalue weighted by molar-refractivity contribution is 5.83. The summed E-state index contributed by atoms with van der Waals surface area (Å²) in [7, 11) is 0. The summed E-state index contributed by atoms with van der Waals surface area (Å²) in [5, 5.41) is 12.4. The molecule has 0 spiro atoms. The third-order valence-corrected chi connectivity index (χ3v) is 3.26. The van der Waals surface area contributed by atoms with Crippen molar-refractivity contribution >= 4 is 11.7 Å². The number of carbonyl (C=O) groups is 1. The molecule has 0 fully saturated rings. The predicted octanol–water partition coefficient (Wildman–Crippen LogP) is 3.87. The van der Waals surface area contributed by atoms with Crippen molar-refractivity contribution in [3.05, 3.63) is 54.6 Å². The van der Waals surface area contributed by atoms with Crippen LogP contribution in [0.25, 0.3) is 11.1 Å². The maximum Gasteiger partial charge on any atom is 0.326 e. The number of rotatable bonds is 5. The lowest BCUT2D eigenvalue weighted by Gasteiger charge is -2.21. The normalized spacial score (nSPS) is 12.2. The Kier molecular flexibility index (Phi) is 4.41. The van der Waals surface area contributed by atoms with Gasteiger partial charge in [-0.05, 0) is 17.5 Å². The maximum atomic E-state index is 11.3. The van der Waals surface area contributed by atoms with E-state index in [9.17, 15) is 9.90 Å². The van der Waals surface area contributed by atoms with Crippen LogP contribution in [-0.2, 0) is 4.79 Å². The topological polar surface area (TPSA) is 49.3 Å². The standard InChI is InChI=1S/C17H19NO2/c1-12(2)16(17(19)20)18-15-11-7-6-10-14(15)13-8-4-3-5-9-13/h3-12,16,18H,1-2H3,(H,19,20). The highest BCUT2D eigenvalue weighted by atomic mass is 16.4. The minimum absolute atomic E-state index is 0.0105. The number of carboxylic acids is 1. The van der Waals surface area contributed by atoms with Gasteiger partial charge in [-0.2, -0.15) is 0 Å². The van der Waals surface area contributed by atoms with Crippen LogP contribution in [0, 0.1) is 5.92 Å². The summed E-state index contributed by atoms with van der Waals surface area (Å²) < 4.78 is 0. The molecule has 20 heavy (non-hydrogen) atoms. The van der Waals surface area contributed by atoms with Crippen LogP contribution in [0.5, 0.6) is 0 Å². The molecule has 2 aromatic carbocycles. The number of hydrogen-bond donors (Lipinski definition) is 2. The molecule has 104 valence electrons. The van der Waals surface area contributed by atoms with Crippen LogP contribution < -0.4 is 5.32 Å². The summed E-state index contributed by atoms with van der Waals surface area (Å²) >= 11 is 0. The Balaban J connectivity index is 2.36. The Hall–Kier alpha value is -2.29. The van der Waals surface area contributed by atoms with Gasteiger partial charge in [-0.1, -0.05) is 62.4 Å². The SMILES string of the molecule is CC(C)C(Nc1ccccc1-c1ccccc1)C(=O)O. The van der Waals surface area contributed by atoms with Gasteiger partial charge in [0.05, 0.1) is 0 Å². The van der Waals surface area contributed by atoms with Crippen molar-refractivity contribution in [2.24, 2.45) is 5.92 Å². The molecule has 0 bridgehead atoms. The van der Waals surface area contributed by atoms with Gasteiger partial charge < -0.3 is 10.4 Å². The van der Waals surface area contributed by atoms with Crippen LogP contribution in [0.1, 0.15) is 13.8 Å². The molecule has 0 radical (unpaired) electrons. The molecule has 0 aliphatic carbocycles. The largest absolute Gasteiger partial charge is 0.480 e. The molecule has 1 unspecified atom stereocenters. The first-order valence-corrected chi connectivity index (χ1v) is 6.73. The number of hydrogen-bond acceptors (Lipinski definition) is 2. The lowest BCUT2D eigenvalue weighted by Crippen LogP contribution is -2.34. The van der Waals surface area contributed by atoms with E-state index in [2.05, 4.69) is 5.32 Å². The van der Waals surface area contributed by atoms with Gasteiger partial charge in [0.25, 0.3) is 0 Å². The molecular weight excluding hydrogens is 250 g/mol. The van der Waals surface area contributed by atoms with Crippen LogP contribution >= 0.6 is 0 Å². The van der Waals surface area contributed by atoms with Gasteiger partial charge in [0, 0.05) is 11.3 Å². The van der Waals surface area contributed by atoms with Crippen molar-refractivity contribution < 1.29 is 9.90 Å². The predicted molar refractivity (Wildman–Crippen MR) is 81.8 cm³/mol. The summed E-state index contributed by atoms with van der Waals surface area (Å²) in [5.74, 6) is -0.820. The van der Waals surface area contributed by atoms with Gasteiger partial charge in [0.2, 0.25) is 0 Å². The Bertz CT molecular complexity index is 579. The van der Waals surface area contributed by atoms with E-state index >= 15 is 0 Å². The molecule has 3 nitrogen and oxygen atoms in total. The fourth-order valence-corrected chi connectivity index (χ4v) is 2.16. The second kappa shape index (κ2) is 6.24. The number of carboxylic acid groups (broad SMARTS) is 1. The Morgan fingerprint density at radius 2 is 1.60 bits per heavy atom. The quantitative estimate of drug-likeness (QED) is 0.866. The zero-order chi connectivity index (χ0) is 14.5. The van der Waals surface area contributed by atoms with Crippen LogP contribution in [0.4, 0.5) is 5.69 Å². The van der Waals surface area contributed by atoms with E-state index in [1.807, 2.05) is 68.4 Å². The average Bonchev–Trinajstić information content (AvgIpc) is 2.45. The Labute approximate surface area is 119 Å². The lowest BCUT2D eigenvalue weighted by atomic mass is 10.0.